The molecule has 7 nitrogen and oxygen atoms in total. The predicted molar refractivity (Wildman–Crippen MR) is 102 cm³/mol. The van der Waals surface area contributed by atoms with Crippen molar-refractivity contribution in [2.45, 2.75) is 45.1 Å². The number of aliphatic hydroxyl groups is 1. The Kier molecular flexibility index (Phi) is 5.48. The third-order valence-corrected chi connectivity index (χ3v) is 4.96. The summed E-state index contributed by atoms with van der Waals surface area (Å²) in [5.74, 6) is 1.87. The van der Waals surface area contributed by atoms with Gasteiger partial charge in [-0.1, -0.05) is 13.8 Å². The Morgan fingerprint density at radius 2 is 2.12 bits per heavy atom. The fourth-order valence-corrected chi connectivity index (χ4v) is 4.05. The second-order valence-electron chi connectivity index (χ2n) is 8.38. The molecule has 0 aromatic carbocycles. The van der Waals surface area contributed by atoms with E-state index in [1.807, 2.05) is 19.0 Å². The van der Waals surface area contributed by atoms with Crippen molar-refractivity contribution in [3.8, 4) is 0 Å². The number of hydrogen-bond donors (Lipinski definition) is 2. The maximum atomic E-state index is 12.4. The summed E-state index contributed by atoms with van der Waals surface area (Å²) in [6, 6.07) is 0. The van der Waals surface area contributed by atoms with Gasteiger partial charge in [0.2, 0.25) is 0 Å². The first-order valence-electron chi connectivity index (χ1n) is 9.57. The van der Waals surface area contributed by atoms with Gasteiger partial charge in [-0.25, -0.2) is 9.97 Å². The van der Waals surface area contributed by atoms with E-state index in [0.717, 1.165) is 43.6 Å². The number of nitrogens with zero attached hydrogens (tertiary/aromatic N) is 4. The Hall–Kier alpha value is -1.73. The second-order valence-corrected chi connectivity index (χ2v) is 8.38. The Balaban J connectivity index is 1.97. The lowest BCUT2D eigenvalue weighted by Gasteiger charge is -2.42. The van der Waals surface area contributed by atoms with Crippen LogP contribution in [0.2, 0.25) is 0 Å². The van der Waals surface area contributed by atoms with E-state index < -0.39 is 5.60 Å². The molecule has 1 aromatic heterocycles. The number of fused-ring (bicyclic) bond motifs is 1. The first-order valence-corrected chi connectivity index (χ1v) is 9.57. The lowest BCUT2D eigenvalue weighted by molar-refractivity contribution is 0.00347. The molecule has 0 radical (unpaired) electrons. The molecule has 2 aliphatic heterocycles. The van der Waals surface area contributed by atoms with E-state index in [0.29, 0.717) is 37.1 Å². The molecule has 2 N–H and O–H groups in total. The summed E-state index contributed by atoms with van der Waals surface area (Å²) in [5, 5.41) is 13.9. The van der Waals surface area contributed by atoms with E-state index in [1.54, 1.807) is 0 Å². The van der Waals surface area contributed by atoms with Crippen molar-refractivity contribution >= 4 is 11.7 Å². The highest BCUT2D eigenvalue weighted by atomic mass is 16.3. The molecule has 1 unspecified atom stereocenters. The molecule has 3 rings (SSSR count). The van der Waals surface area contributed by atoms with Crippen LogP contribution < -0.4 is 10.2 Å². The van der Waals surface area contributed by atoms with E-state index in [-0.39, 0.29) is 5.91 Å². The fraction of sp³-hybridized carbons (Fsp3) is 0.737. The Morgan fingerprint density at radius 1 is 1.35 bits per heavy atom. The van der Waals surface area contributed by atoms with Crippen LogP contribution in [-0.4, -0.2) is 71.8 Å². The minimum atomic E-state index is -0.755. The van der Waals surface area contributed by atoms with Gasteiger partial charge in [0.15, 0.2) is 0 Å². The first kappa shape index (κ1) is 19.0. The van der Waals surface area contributed by atoms with Gasteiger partial charge in [-0.3, -0.25) is 4.79 Å². The van der Waals surface area contributed by atoms with Gasteiger partial charge in [0.25, 0.3) is 5.91 Å². The number of amides is 1. The minimum Gasteiger partial charge on any atom is -0.387 e. The van der Waals surface area contributed by atoms with Crippen LogP contribution in [0.5, 0.6) is 0 Å². The average Bonchev–Trinajstić information content (AvgIpc) is 2.53. The summed E-state index contributed by atoms with van der Waals surface area (Å²) in [7, 11) is 3.96. The Morgan fingerprint density at radius 3 is 2.81 bits per heavy atom. The van der Waals surface area contributed by atoms with Gasteiger partial charge in [-0.15, -0.1) is 0 Å². The quantitative estimate of drug-likeness (QED) is 0.809. The molecule has 2 aliphatic rings. The molecule has 7 heteroatoms. The molecule has 0 bridgehead atoms. The van der Waals surface area contributed by atoms with Gasteiger partial charge in [0, 0.05) is 38.2 Å². The molecule has 1 atom stereocenters. The van der Waals surface area contributed by atoms with Crippen molar-refractivity contribution in [3.05, 3.63) is 17.1 Å². The topological polar surface area (TPSA) is 81.6 Å². The van der Waals surface area contributed by atoms with Gasteiger partial charge in [0.1, 0.15) is 17.3 Å². The molecule has 0 spiro atoms. The highest BCUT2D eigenvalue weighted by molar-refractivity contribution is 5.96. The van der Waals surface area contributed by atoms with Crippen molar-refractivity contribution in [1.29, 1.82) is 0 Å². The largest absolute Gasteiger partial charge is 0.387 e. The summed E-state index contributed by atoms with van der Waals surface area (Å²) in [4.78, 5) is 25.9. The maximum absolute atomic E-state index is 12.4. The van der Waals surface area contributed by atoms with E-state index in [9.17, 15) is 9.90 Å². The lowest BCUT2D eigenvalue weighted by atomic mass is 9.91. The summed E-state index contributed by atoms with van der Waals surface area (Å²) in [5.41, 5.74) is 0.684. The summed E-state index contributed by atoms with van der Waals surface area (Å²) in [6.45, 7) is 6.87. The van der Waals surface area contributed by atoms with Crippen LogP contribution in [0.4, 0.5) is 5.82 Å². The van der Waals surface area contributed by atoms with Crippen LogP contribution in [-0.2, 0) is 12.8 Å². The van der Waals surface area contributed by atoms with Crippen LogP contribution in [0.25, 0.3) is 0 Å². The molecule has 1 aromatic rings. The van der Waals surface area contributed by atoms with Crippen LogP contribution in [0.15, 0.2) is 0 Å². The van der Waals surface area contributed by atoms with Crippen molar-refractivity contribution in [3.63, 3.8) is 0 Å². The van der Waals surface area contributed by atoms with Crippen LogP contribution in [0, 0.1) is 5.92 Å². The standard InChI is InChI=1S/C19H31N5O2/c1-13(2)10-15-21-16-14(6-8-20-18(16)25)17(22-15)24-9-5-7-19(26,12-24)11-23(3)4/h13,26H,5-12H2,1-4H3,(H,20,25). The normalized spacial score (nSPS) is 23.3. The number of anilines is 1. The maximum Gasteiger partial charge on any atom is 0.270 e. The number of hydrogen-bond acceptors (Lipinski definition) is 6. The number of carbonyl (C=O) groups excluding carboxylic acids is 1. The summed E-state index contributed by atoms with van der Waals surface area (Å²) >= 11 is 0. The van der Waals surface area contributed by atoms with Crippen LogP contribution >= 0.6 is 0 Å². The zero-order chi connectivity index (χ0) is 18.9. The molecule has 3 heterocycles. The summed E-state index contributed by atoms with van der Waals surface area (Å²) < 4.78 is 0. The van der Waals surface area contributed by atoms with E-state index in [4.69, 9.17) is 4.98 Å². The number of carbonyl (C=O) groups is 1. The molecule has 26 heavy (non-hydrogen) atoms. The number of aromatic nitrogens is 2. The van der Waals surface area contributed by atoms with Gasteiger partial charge >= 0.3 is 0 Å². The third kappa shape index (κ3) is 4.15. The molecule has 1 amide bonds. The van der Waals surface area contributed by atoms with Crippen molar-refractivity contribution in [2.24, 2.45) is 5.92 Å². The second kappa shape index (κ2) is 7.48. The monoisotopic (exact) mass is 361 g/mol. The molecule has 0 aliphatic carbocycles. The highest BCUT2D eigenvalue weighted by Crippen LogP contribution is 2.30. The number of nitrogens with one attached hydrogen (secondary N) is 1. The lowest BCUT2D eigenvalue weighted by Crippen LogP contribution is -2.54. The van der Waals surface area contributed by atoms with Gasteiger partial charge in [0.05, 0.1) is 5.60 Å². The molecular formula is C19H31N5O2. The SMILES string of the molecule is CC(C)Cc1nc2c(c(N3CCCC(O)(CN(C)C)C3)n1)CCNC2=O. The van der Waals surface area contributed by atoms with Gasteiger partial charge < -0.3 is 20.2 Å². The van der Waals surface area contributed by atoms with Crippen molar-refractivity contribution < 1.29 is 9.90 Å². The number of rotatable bonds is 5. The molecule has 1 fully saturated rings. The van der Waals surface area contributed by atoms with Crippen molar-refractivity contribution in [2.75, 3.05) is 45.2 Å². The van der Waals surface area contributed by atoms with Crippen LogP contribution in [0.1, 0.15) is 48.6 Å². The number of β-amino-alcohol motifs (C(OH)–C–C–N with tert-alkyl or cyclic N) is 1. The molecule has 0 saturated carbocycles. The summed E-state index contributed by atoms with van der Waals surface area (Å²) in [6.07, 6.45) is 3.17. The van der Waals surface area contributed by atoms with E-state index >= 15 is 0 Å². The number of piperidine rings is 1. The van der Waals surface area contributed by atoms with Gasteiger partial charge in [-0.2, -0.15) is 0 Å². The first-order chi connectivity index (χ1) is 12.3. The van der Waals surface area contributed by atoms with Gasteiger partial charge in [-0.05, 0) is 39.3 Å². The van der Waals surface area contributed by atoms with E-state index in [2.05, 4.69) is 29.0 Å². The smallest absolute Gasteiger partial charge is 0.270 e. The zero-order valence-electron chi connectivity index (χ0n) is 16.4. The molecule has 1 saturated heterocycles. The molecular weight excluding hydrogens is 330 g/mol. The minimum absolute atomic E-state index is 0.111. The van der Waals surface area contributed by atoms with Crippen LogP contribution in [0.3, 0.4) is 0 Å². The predicted octanol–water partition coefficient (Wildman–Crippen LogP) is 0.854. The molecule has 144 valence electrons. The highest BCUT2D eigenvalue weighted by Gasteiger charge is 2.36. The average molecular weight is 361 g/mol. The van der Waals surface area contributed by atoms with Crippen molar-refractivity contribution in [1.82, 2.24) is 20.2 Å². The fourth-order valence-electron chi connectivity index (χ4n) is 4.05. The number of likely N-dealkylation sites (N-methyl/N-ethyl adjacent to an activating group) is 1. The Bertz CT molecular complexity index is 676. The third-order valence-electron chi connectivity index (χ3n) is 4.96. The zero-order valence-corrected chi connectivity index (χ0v) is 16.4. The Labute approximate surface area is 155 Å². The van der Waals surface area contributed by atoms with E-state index in [1.165, 1.54) is 0 Å².